The molecule has 1 amide bonds. The zero-order valence-electron chi connectivity index (χ0n) is 21.6. The van der Waals surface area contributed by atoms with Gasteiger partial charge in [-0.1, -0.05) is 29.8 Å². The summed E-state index contributed by atoms with van der Waals surface area (Å²) in [6.07, 6.45) is 1.25. The minimum atomic E-state index is -3.91. The molecule has 0 N–H and O–H groups in total. The number of ether oxygens (including phenoxy) is 2. The number of carbonyl (C=O) groups is 1. The van der Waals surface area contributed by atoms with Crippen LogP contribution in [0.5, 0.6) is 5.75 Å². The molecule has 7 nitrogen and oxygen atoms in total. The molecule has 0 saturated carbocycles. The highest BCUT2D eigenvalue weighted by Gasteiger charge is 2.35. The Morgan fingerprint density at radius 2 is 1.84 bits per heavy atom. The molecular formula is C28H34N2O5S2. The summed E-state index contributed by atoms with van der Waals surface area (Å²) < 4.78 is 39.2. The number of amides is 1. The van der Waals surface area contributed by atoms with Gasteiger partial charge in [-0.15, -0.1) is 11.3 Å². The molecule has 2 aromatic carbocycles. The number of hydrogen-bond acceptors (Lipinski definition) is 6. The summed E-state index contributed by atoms with van der Waals surface area (Å²) in [5, 5.41) is 2.06. The number of thiophene rings is 1. The molecule has 0 fully saturated rings. The lowest BCUT2D eigenvalue weighted by Gasteiger charge is -2.37. The van der Waals surface area contributed by atoms with Crippen LogP contribution in [0.15, 0.2) is 64.9 Å². The lowest BCUT2D eigenvalue weighted by molar-refractivity contribution is -0.133. The molecule has 37 heavy (non-hydrogen) atoms. The van der Waals surface area contributed by atoms with Crippen molar-refractivity contribution in [2.45, 2.75) is 37.6 Å². The predicted molar refractivity (Wildman–Crippen MR) is 146 cm³/mol. The molecule has 4 rings (SSSR count). The molecule has 9 heteroatoms. The van der Waals surface area contributed by atoms with Crippen molar-refractivity contribution in [2.24, 2.45) is 0 Å². The molecule has 1 aromatic heterocycles. The zero-order chi connectivity index (χ0) is 26.4. The summed E-state index contributed by atoms with van der Waals surface area (Å²) in [6, 6.07) is 16.3. The quantitative estimate of drug-likeness (QED) is 0.330. The predicted octanol–water partition coefficient (Wildman–Crippen LogP) is 4.66. The van der Waals surface area contributed by atoms with E-state index in [1.165, 1.54) is 28.4 Å². The Balaban J connectivity index is 1.62. The summed E-state index contributed by atoms with van der Waals surface area (Å²) >= 11 is 1.71. The second kappa shape index (κ2) is 12.2. The van der Waals surface area contributed by atoms with Gasteiger partial charge >= 0.3 is 0 Å². The fourth-order valence-electron chi connectivity index (χ4n) is 4.60. The fraction of sp³-hybridized carbons (Fsp3) is 0.393. The maximum Gasteiger partial charge on any atom is 0.243 e. The molecule has 3 aromatic rings. The lowest BCUT2D eigenvalue weighted by Crippen LogP contribution is -2.47. The van der Waals surface area contributed by atoms with Crippen LogP contribution >= 0.6 is 11.3 Å². The number of nitrogens with zero attached hydrogens (tertiary/aromatic N) is 2. The van der Waals surface area contributed by atoms with Crippen molar-refractivity contribution in [1.82, 2.24) is 9.21 Å². The Morgan fingerprint density at radius 3 is 2.51 bits per heavy atom. The van der Waals surface area contributed by atoms with Crippen molar-refractivity contribution >= 4 is 27.3 Å². The highest BCUT2D eigenvalue weighted by molar-refractivity contribution is 7.89. The SMILES string of the molecule is CCOCCCN(CC(=O)N1CCc2sccc2C1c1ccc(C)cc1)S(=O)(=O)c1ccc(OC)cc1. The number of hydrogen-bond donors (Lipinski definition) is 0. The molecule has 1 aliphatic rings. The first-order chi connectivity index (χ1) is 17.8. The van der Waals surface area contributed by atoms with Gasteiger partial charge in [0.25, 0.3) is 0 Å². The van der Waals surface area contributed by atoms with Crippen molar-refractivity contribution in [3.05, 3.63) is 81.5 Å². The van der Waals surface area contributed by atoms with Crippen LogP contribution in [0, 0.1) is 6.92 Å². The summed E-state index contributed by atoms with van der Waals surface area (Å²) in [5.74, 6) is 0.356. The van der Waals surface area contributed by atoms with Gasteiger partial charge < -0.3 is 14.4 Å². The van der Waals surface area contributed by atoms with E-state index >= 15 is 0 Å². The standard InChI is InChI=1S/C28H34N2O5S2/c1-4-35-18-5-16-29(37(32,33)24-12-10-23(34-3)11-13-24)20-27(31)30-17-14-26-25(15-19-36-26)28(30)22-8-6-21(2)7-9-22/h6-13,15,19,28H,4-5,14,16-18,20H2,1-3H3. The molecule has 0 aliphatic carbocycles. The van der Waals surface area contributed by atoms with Gasteiger partial charge in [0.05, 0.1) is 24.6 Å². The monoisotopic (exact) mass is 542 g/mol. The third-order valence-corrected chi connectivity index (χ3v) is 9.44. The van der Waals surface area contributed by atoms with E-state index in [-0.39, 0.29) is 29.9 Å². The van der Waals surface area contributed by atoms with Crippen LogP contribution in [0.4, 0.5) is 0 Å². The average Bonchev–Trinajstić information content (AvgIpc) is 3.39. The summed E-state index contributed by atoms with van der Waals surface area (Å²) in [6.45, 7) is 5.41. The van der Waals surface area contributed by atoms with E-state index in [0.717, 1.165) is 23.1 Å². The molecular weight excluding hydrogens is 508 g/mol. The van der Waals surface area contributed by atoms with E-state index in [1.807, 2.05) is 30.9 Å². The Bertz CT molecular complexity index is 1290. The van der Waals surface area contributed by atoms with Crippen LogP contribution < -0.4 is 4.74 Å². The van der Waals surface area contributed by atoms with E-state index < -0.39 is 10.0 Å². The van der Waals surface area contributed by atoms with Crippen molar-refractivity contribution in [1.29, 1.82) is 0 Å². The molecule has 2 heterocycles. The molecule has 0 radical (unpaired) electrons. The number of carbonyl (C=O) groups excluding carboxylic acids is 1. The molecule has 198 valence electrons. The molecule has 1 atom stereocenters. The Kier molecular flexibility index (Phi) is 9.02. The van der Waals surface area contributed by atoms with E-state index in [2.05, 4.69) is 23.6 Å². The first-order valence-corrected chi connectivity index (χ1v) is 14.8. The molecule has 1 aliphatic heterocycles. The van der Waals surface area contributed by atoms with Crippen LogP contribution in [0.3, 0.4) is 0 Å². The second-order valence-electron chi connectivity index (χ2n) is 9.01. The summed E-state index contributed by atoms with van der Waals surface area (Å²) in [5.41, 5.74) is 3.29. The number of methoxy groups -OCH3 is 1. The summed E-state index contributed by atoms with van der Waals surface area (Å²) in [4.78, 5) is 17.1. The first kappa shape index (κ1) is 27.3. The smallest absolute Gasteiger partial charge is 0.243 e. The van der Waals surface area contributed by atoms with Gasteiger partial charge in [-0.3, -0.25) is 4.79 Å². The fourth-order valence-corrected chi connectivity index (χ4v) is 6.94. The number of aryl methyl sites for hydroxylation is 1. The maximum absolute atomic E-state index is 13.8. The molecule has 0 bridgehead atoms. The first-order valence-electron chi connectivity index (χ1n) is 12.5. The number of rotatable bonds is 11. The van der Waals surface area contributed by atoms with Crippen LogP contribution in [0.2, 0.25) is 0 Å². The van der Waals surface area contributed by atoms with Gasteiger partial charge in [0, 0.05) is 31.2 Å². The van der Waals surface area contributed by atoms with Gasteiger partial charge in [-0.2, -0.15) is 4.31 Å². The van der Waals surface area contributed by atoms with Gasteiger partial charge in [0.15, 0.2) is 0 Å². The van der Waals surface area contributed by atoms with Crippen LogP contribution in [-0.2, 0) is 26.0 Å². The highest BCUT2D eigenvalue weighted by Crippen LogP contribution is 2.38. The van der Waals surface area contributed by atoms with Crippen molar-refractivity contribution < 1.29 is 22.7 Å². The number of fused-ring (bicyclic) bond motifs is 1. The van der Waals surface area contributed by atoms with E-state index in [0.29, 0.717) is 31.9 Å². The largest absolute Gasteiger partial charge is 0.497 e. The average molecular weight is 543 g/mol. The van der Waals surface area contributed by atoms with E-state index in [1.54, 1.807) is 23.5 Å². The van der Waals surface area contributed by atoms with Gasteiger partial charge in [0.2, 0.25) is 15.9 Å². The third-order valence-electron chi connectivity index (χ3n) is 6.59. The summed E-state index contributed by atoms with van der Waals surface area (Å²) in [7, 11) is -2.38. The van der Waals surface area contributed by atoms with Crippen molar-refractivity contribution in [3.8, 4) is 5.75 Å². The lowest BCUT2D eigenvalue weighted by atomic mass is 9.92. The minimum absolute atomic E-state index is 0.131. The van der Waals surface area contributed by atoms with Crippen LogP contribution in [0.25, 0.3) is 0 Å². The van der Waals surface area contributed by atoms with Gasteiger partial charge in [0.1, 0.15) is 5.75 Å². The van der Waals surface area contributed by atoms with Gasteiger partial charge in [-0.05, 0) is 73.5 Å². The highest BCUT2D eigenvalue weighted by atomic mass is 32.2. The Labute approximate surface area is 223 Å². The third kappa shape index (κ3) is 6.23. The molecule has 1 unspecified atom stereocenters. The molecule has 0 saturated heterocycles. The van der Waals surface area contributed by atoms with Crippen LogP contribution in [-0.4, -0.2) is 63.5 Å². The normalized spacial score (nSPS) is 15.6. The minimum Gasteiger partial charge on any atom is -0.497 e. The maximum atomic E-state index is 13.8. The van der Waals surface area contributed by atoms with Gasteiger partial charge in [-0.25, -0.2) is 8.42 Å². The van der Waals surface area contributed by atoms with Crippen molar-refractivity contribution in [2.75, 3.05) is 40.0 Å². The zero-order valence-corrected chi connectivity index (χ0v) is 23.2. The molecule has 0 spiro atoms. The van der Waals surface area contributed by atoms with E-state index in [4.69, 9.17) is 9.47 Å². The van der Waals surface area contributed by atoms with Crippen LogP contribution in [0.1, 0.15) is 41.0 Å². The van der Waals surface area contributed by atoms with Crippen molar-refractivity contribution in [3.63, 3.8) is 0 Å². The Morgan fingerprint density at radius 1 is 1.11 bits per heavy atom. The second-order valence-corrected chi connectivity index (χ2v) is 12.0. The number of sulfonamides is 1. The topological polar surface area (TPSA) is 76.2 Å². The number of benzene rings is 2. The Hall–Kier alpha value is -2.72. The van der Waals surface area contributed by atoms with E-state index in [9.17, 15) is 13.2 Å².